The molecule has 0 spiro atoms. The molecule has 0 aliphatic heterocycles. The maximum absolute atomic E-state index is 5.94. The number of aromatic nitrogens is 2. The van der Waals surface area contributed by atoms with Gasteiger partial charge in [0, 0.05) is 10.2 Å². The number of methoxy groups -OCH3 is 1. The largest absolute Gasteiger partial charge is 0.490 e. The van der Waals surface area contributed by atoms with Gasteiger partial charge in [0.05, 0.1) is 7.11 Å². The van der Waals surface area contributed by atoms with E-state index in [0.717, 1.165) is 15.7 Å². The lowest BCUT2D eigenvalue weighted by Gasteiger charge is -2.13. The van der Waals surface area contributed by atoms with Gasteiger partial charge in [-0.05, 0) is 24.6 Å². The summed E-state index contributed by atoms with van der Waals surface area (Å²) < 4.78 is 6.21. The lowest BCUT2D eigenvalue weighted by atomic mass is 10.2. The summed E-state index contributed by atoms with van der Waals surface area (Å²) in [6.45, 7) is 2.00. The quantitative estimate of drug-likeness (QED) is 0.867. The van der Waals surface area contributed by atoms with Crippen molar-refractivity contribution in [3.63, 3.8) is 0 Å². The SMILES string of the molecule is COc1c(Cl)ncnc1Nc1cccc(Br)c1C. The van der Waals surface area contributed by atoms with Crippen LogP contribution >= 0.6 is 27.5 Å². The minimum absolute atomic E-state index is 0.280. The Labute approximate surface area is 118 Å². The fourth-order valence-corrected chi connectivity index (χ4v) is 2.07. The molecular weight excluding hydrogens is 318 g/mol. The first kappa shape index (κ1) is 13.1. The van der Waals surface area contributed by atoms with Crippen LogP contribution < -0.4 is 10.1 Å². The zero-order valence-electron chi connectivity index (χ0n) is 9.87. The molecule has 1 N–H and O–H groups in total. The molecule has 0 radical (unpaired) electrons. The normalized spacial score (nSPS) is 10.2. The van der Waals surface area contributed by atoms with Crippen molar-refractivity contribution >= 4 is 39.0 Å². The number of hydrogen-bond acceptors (Lipinski definition) is 4. The zero-order chi connectivity index (χ0) is 13.1. The maximum atomic E-state index is 5.94. The van der Waals surface area contributed by atoms with Gasteiger partial charge in [0.1, 0.15) is 6.33 Å². The molecule has 0 atom stereocenters. The van der Waals surface area contributed by atoms with E-state index in [9.17, 15) is 0 Å². The van der Waals surface area contributed by atoms with Crippen molar-refractivity contribution in [2.75, 3.05) is 12.4 Å². The predicted octanol–water partition coefficient (Wildman–Crippen LogP) is 3.95. The zero-order valence-corrected chi connectivity index (χ0v) is 12.2. The summed E-state index contributed by atoms with van der Waals surface area (Å²) in [7, 11) is 1.53. The molecule has 1 heterocycles. The van der Waals surface area contributed by atoms with E-state index in [1.54, 1.807) is 0 Å². The highest BCUT2D eigenvalue weighted by Crippen LogP contribution is 2.32. The molecule has 94 valence electrons. The van der Waals surface area contributed by atoms with Crippen LogP contribution in [0.2, 0.25) is 5.15 Å². The molecule has 18 heavy (non-hydrogen) atoms. The number of halogens is 2. The number of hydrogen-bond donors (Lipinski definition) is 1. The molecular formula is C12H11BrClN3O. The van der Waals surface area contributed by atoms with Crippen molar-refractivity contribution in [3.8, 4) is 5.75 Å². The second kappa shape index (κ2) is 5.54. The van der Waals surface area contributed by atoms with Crippen LogP contribution in [0.1, 0.15) is 5.56 Å². The number of anilines is 2. The third kappa shape index (κ3) is 2.57. The summed E-state index contributed by atoms with van der Waals surface area (Å²) >= 11 is 9.42. The van der Waals surface area contributed by atoms with E-state index in [1.165, 1.54) is 13.4 Å². The molecule has 6 heteroatoms. The van der Waals surface area contributed by atoms with Crippen molar-refractivity contribution in [1.29, 1.82) is 0 Å². The molecule has 1 aromatic heterocycles. The molecule has 1 aromatic carbocycles. The van der Waals surface area contributed by atoms with Crippen LogP contribution in [0.3, 0.4) is 0 Å². The summed E-state index contributed by atoms with van der Waals surface area (Å²) in [5, 5.41) is 3.46. The fourth-order valence-electron chi connectivity index (χ4n) is 1.49. The van der Waals surface area contributed by atoms with Crippen LogP contribution in [0.4, 0.5) is 11.5 Å². The molecule has 2 rings (SSSR count). The van der Waals surface area contributed by atoms with Gasteiger partial charge < -0.3 is 10.1 Å². The smallest absolute Gasteiger partial charge is 0.199 e. The standard InChI is InChI=1S/C12H11BrClN3O/c1-7-8(13)4-3-5-9(7)17-12-10(18-2)11(14)15-6-16-12/h3-6H,1-2H3,(H,15,16,17). The summed E-state index contributed by atoms with van der Waals surface area (Å²) in [6.07, 6.45) is 1.39. The van der Waals surface area contributed by atoms with Gasteiger partial charge in [0.2, 0.25) is 0 Å². The monoisotopic (exact) mass is 327 g/mol. The van der Waals surface area contributed by atoms with E-state index >= 15 is 0 Å². The van der Waals surface area contributed by atoms with E-state index in [4.69, 9.17) is 16.3 Å². The average Bonchev–Trinajstić information content (AvgIpc) is 2.35. The second-order valence-electron chi connectivity index (χ2n) is 3.58. The van der Waals surface area contributed by atoms with Gasteiger partial charge >= 0.3 is 0 Å². The Kier molecular flexibility index (Phi) is 4.04. The lowest BCUT2D eigenvalue weighted by molar-refractivity contribution is 0.413. The van der Waals surface area contributed by atoms with Gasteiger partial charge in [-0.3, -0.25) is 0 Å². The minimum Gasteiger partial charge on any atom is -0.490 e. The molecule has 0 aliphatic carbocycles. The lowest BCUT2D eigenvalue weighted by Crippen LogP contribution is -2.00. The van der Waals surface area contributed by atoms with E-state index in [1.807, 2.05) is 25.1 Å². The Morgan fingerprint density at radius 3 is 2.83 bits per heavy atom. The molecule has 0 saturated carbocycles. The molecule has 0 amide bonds. The van der Waals surface area contributed by atoms with Gasteiger partial charge in [0.25, 0.3) is 0 Å². The minimum atomic E-state index is 0.280. The number of nitrogens with zero attached hydrogens (tertiary/aromatic N) is 2. The van der Waals surface area contributed by atoms with Crippen LogP contribution in [0.25, 0.3) is 0 Å². The highest BCUT2D eigenvalue weighted by atomic mass is 79.9. The Morgan fingerprint density at radius 1 is 1.33 bits per heavy atom. The average molecular weight is 329 g/mol. The Morgan fingerprint density at radius 2 is 2.11 bits per heavy atom. The second-order valence-corrected chi connectivity index (χ2v) is 4.80. The highest BCUT2D eigenvalue weighted by Gasteiger charge is 2.11. The van der Waals surface area contributed by atoms with E-state index in [2.05, 4.69) is 31.2 Å². The summed E-state index contributed by atoms with van der Waals surface area (Å²) in [5.74, 6) is 0.970. The number of nitrogens with one attached hydrogen (secondary N) is 1. The third-order valence-electron chi connectivity index (χ3n) is 2.49. The molecule has 0 unspecified atom stereocenters. The van der Waals surface area contributed by atoms with Crippen LogP contribution in [-0.2, 0) is 0 Å². The topological polar surface area (TPSA) is 47.0 Å². The van der Waals surface area contributed by atoms with Gasteiger partial charge in [-0.1, -0.05) is 33.6 Å². The van der Waals surface area contributed by atoms with Gasteiger partial charge in [-0.2, -0.15) is 0 Å². The summed E-state index contributed by atoms with van der Waals surface area (Å²) in [4.78, 5) is 8.00. The van der Waals surface area contributed by atoms with Crippen molar-refractivity contribution in [2.24, 2.45) is 0 Å². The van der Waals surface area contributed by atoms with Crippen LogP contribution in [-0.4, -0.2) is 17.1 Å². The maximum Gasteiger partial charge on any atom is 0.199 e. The van der Waals surface area contributed by atoms with Crippen molar-refractivity contribution in [3.05, 3.63) is 39.7 Å². The molecule has 4 nitrogen and oxygen atoms in total. The first-order chi connectivity index (χ1) is 8.63. The van der Waals surface area contributed by atoms with Crippen molar-refractivity contribution in [2.45, 2.75) is 6.92 Å². The van der Waals surface area contributed by atoms with Crippen LogP contribution in [0.5, 0.6) is 5.75 Å². The van der Waals surface area contributed by atoms with E-state index < -0.39 is 0 Å². The number of benzene rings is 1. The first-order valence-corrected chi connectivity index (χ1v) is 6.37. The van der Waals surface area contributed by atoms with Gasteiger partial charge in [-0.15, -0.1) is 0 Å². The molecule has 0 bridgehead atoms. The van der Waals surface area contributed by atoms with Gasteiger partial charge in [0.15, 0.2) is 16.7 Å². The Hall–Kier alpha value is -1.33. The van der Waals surface area contributed by atoms with Crippen LogP contribution in [0, 0.1) is 6.92 Å². The molecule has 0 fully saturated rings. The highest BCUT2D eigenvalue weighted by molar-refractivity contribution is 9.10. The third-order valence-corrected chi connectivity index (χ3v) is 3.61. The number of rotatable bonds is 3. The van der Waals surface area contributed by atoms with Crippen LogP contribution in [0.15, 0.2) is 29.0 Å². The molecule has 0 aliphatic rings. The summed E-state index contributed by atoms with van der Waals surface area (Å²) in [5.41, 5.74) is 2.01. The Balaban J connectivity index is 2.40. The van der Waals surface area contributed by atoms with Gasteiger partial charge in [-0.25, -0.2) is 9.97 Å². The number of ether oxygens (including phenoxy) is 1. The van der Waals surface area contributed by atoms with Crippen molar-refractivity contribution < 1.29 is 4.74 Å². The fraction of sp³-hybridized carbons (Fsp3) is 0.167. The summed E-state index contributed by atoms with van der Waals surface area (Å²) in [6, 6.07) is 5.87. The molecule has 0 saturated heterocycles. The first-order valence-electron chi connectivity index (χ1n) is 5.20. The molecule has 2 aromatic rings. The Bertz CT molecular complexity index is 577. The van der Waals surface area contributed by atoms with Crippen molar-refractivity contribution in [1.82, 2.24) is 9.97 Å². The van der Waals surface area contributed by atoms with E-state index in [0.29, 0.717) is 11.6 Å². The van der Waals surface area contributed by atoms with E-state index in [-0.39, 0.29) is 5.15 Å². The predicted molar refractivity (Wildman–Crippen MR) is 75.8 cm³/mol.